The molecular formula is C19H20BrN3O3. The first-order valence-electron chi connectivity index (χ1n) is 8.36. The van der Waals surface area contributed by atoms with E-state index in [1.54, 1.807) is 18.2 Å². The molecule has 3 rings (SSSR count). The van der Waals surface area contributed by atoms with Crippen LogP contribution in [0.3, 0.4) is 0 Å². The number of rotatable bonds is 5. The summed E-state index contributed by atoms with van der Waals surface area (Å²) >= 11 is 3.37. The van der Waals surface area contributed by atoms with Crippen molar-refractivity contribution < 1.29 is 14.3 Å². The van der Waals surface area contributed by atoms with Crippen LogP contribution in [0.5, 0.6) is 5.75 Å². The number of nitrogens with zero attached hydrogens (tertiary/aromatic N) is 1. The van der Waals surface area contributed by atoms with E-state index in [9.17, 15) is 9.59 Å². The minimum atomic E-state index is -0.391. The fourth-order valence-corrected chi connectivity index (χ4v) is 3.06. The van der Waals surface area contributed by atoms with Crippen LogP contribution in [0.2, 0.25) is 0 Å². The summed E-state index contributed by atoms with van der Waals surface area (Å²) in [6, 6.07) is 12.9. The molecule has 136 valence electrons. The van der Waals surface area contributed by atoms with Crippen molar-refractivity contribution in [3.05, 3.63) is 58.1 Å². The lowest BCUT2D eigenvalue weighted by Crippen LogP contribution is -2.57. The minimum Gasteiger partial charge on any atom is -0.484 e. The zero-order chi connectivity index (χ0) is 18.7. The van der Waals surface area contributed by atoms with Crippen LogP contribution < -0.4 is 15.5 Å². The van der Waals surface area contributed by atoms with Gasteiger partial charge in [-0.2, -0.15) is 0 Å². The molecule has 2 aromatic carbocycles. The van der Waals surface area contributed by atoms with Crippen LogP contribution >= 0.6 is 15.9 Å². The first-order valence-corrected chi connectivity index (χ1v) is 9.16. The Morgan fingerprint density at radius 3 is 2.69 bits per heavy atom. The molecule has 6 nitrogen and oxygen atoms in total. The predicted molar refractivity (Wildman–Crippen MR) is 103 cm³/mol. The molecule has 0 radical (unpaired) electrons. The number of anilines is 1. The molecule has 2 amide bonds. The molecule has 1 aliphatic rings. The van der Waals surface area contributed by atoms with E-state index in [-0.39, 0.29) is 18.7 Å². The highest BCUT2D eigenvalue weighted by Crippen LogP contribution is 2.28. The van der Waals surface area contributed by atoms with Gasteiger partial charge < -0.3 is 10.1 Å². The number of fused-ring (bicyclic) bond motifs is 1. The molecule has 0 spiro atoms. The van der Waals surface area contributed by atoms with Crippen LogP contribution in [-0.4, -0.2) is 29.6 Å². The summed E-state index contributed by atoms with van der Waals surface area (Å²) in [6.45, 7) is 3.75. The third kappa shape index (κ3) is 3.99. The van der Waals surface area contributed by atoms with Gasteiger partial charge in [-0.1, -0.05) is 40.5 Å². The number of carbonyl (C=O) groups excluding carboxylic acids is 2. The van der Waals surface area contributed by atoms with Gasteiger partial charge in [-0.15, -0.1) is 0 Å². The van der Waals surface area contributed by atoms with Gasteiger partial charge in [0.05, 0.1) is 5.56 Å². The van der Waals surface area contributed by atoms with E-state index in [4.69, 9.17) is 4.74 Å². The standard InChI is InChI=1S/C19H20BrN3O3/c1-3-17-21-16-9-6-13(20)10-15(16)19(25)23(17)22-18(24)11-26-14-7-4-12(2)5-8-14/h4-10,17,21H,3,11H2,1-2H3,(H,22,24). The fourth-order valence-electron chi connectivity index (χ4n) is 2.70. The Labute approximate surface area is 160 Å². The van der Waals surface area contributed by atoms with Crippen LogP contribution in [-0.2, 0) is 4.79 Å². The third-order valence-corrected chi connectivity index (χ3v) is 4.58. The first kappa shape index (κ1) is 18.3. The Bertz CT molecular complexity index is 823. The van der Waals surface area contributed by atoms with Gasteiger partial charge in [0.15, 0.2) is 6.61 Å². The van der Waals surface area contributed by atoms with Crippen molar-refractivity contribution >= 4 is 33.4 Å². The third-order valence-electron chi connectivity index (χ3n) is 4.09. The molecule has 1 atom stereocenters. The number of hydrazine groups is 1. The quantitative estimate of drug-likeness (QED) is 0.780. The molecule has 26 heavy (non-hydrogen) atoms. The molecule has 2 aromatic rings. The second kappa shape index (κ2) is 7.78. The van der Waals surface area contributed by atoms with Gasteiger partial charge in [-0.05, 0) is 43.7 Å². The van der Waals surface area contributed by atoms with E-state index in [1.807, 2.05) is 38.1 Å². The molecule has 0 saturated carbocycles. The molecule has 1 heterocycles. The maximum atomic E-state index is 12.8. The molecule has 1 unspecified atom stereocenters. The van der Waals surface area contributed by atoms with Gasteiger partial charge in [0, 0.05) is 10.2 Å². The second-order valence-corrected chi connectivity index (χ2v) is 6.99. The van der Waals surface area contributed by atoms with Crippen LogP contribution in [0, 0.1) is 6.92 Å². The monoisotopic (exact) mass is 417 g/mol. The number of ether oxygens (including phenoxy) is 1. The highest BCUT2D eigenvalue weighted by molar-refractivity contribution is 9.10. The Morgan fingerprint density at radius 1 is 1.27 bits per heavy atom. The summed E-state index contributed by atoms with van der Waals surface area (Å²) in [4.78, 5) is 25.1. The Morgan fingerprint density at radius 2 is 2.00 bits per heavy atom. The molecule has 2 N–H and O–H groups in total. The number of hydrogen-bond acceptors (Lipinski definition) is 4. The van der Waals surface area contributed by atoms with Gasteiger partial charge in [0.25, 0.3) is 11.8 Å². The molecule has 0 fully saturated rings. The molecule has 0 saturated heterocycles. The Balaban J connectivity index is 1.68. The van der Waals surface area contributed by atoms with Crippen LogP contribution in [0.4, 0.5) is 5.69 Å². The van der Waals surface area contributed by atoms with Gasteiger partial charge in [-0.3, -0.25) is 15.0 Å². The summed E-state index contributed by atoms with van der Waals surface area (Å²) in [7, 11) is 0. The van der Waals surface area contributed by atoms with E-state index >= 15 is 0 Å². The van der Waals surface area contributed by atoms with Gasteiger partial charge in [-0.25, -0.2) is 5.01 Å². The number of halogens is 1. The Hall–Kier alpha value is -2.54. The molecule has 1 aliphatic heterocycles. The zero-order valence-electron chi connectivity index (χ0n) is 14.6. The Kier molecular flexibility index (Phi) is 5.46. The van der Waals surface area contributed by atoms with Crippen LogP contribution in [0.15, 0.2) is 46.9 Å². The van der Waals surface area contributed by atoms with Gasteiger partial charge in [0.1, 0.15) is 11.9 Å². The average molecular weight is 418 g/mol. The predicted octanol–water partition coefficient (Wildman–Crippen LogP) is 3.47. The molecule has 0 aromatic heterocycles. The maximum Gasteiger partial charge on any atom is 0.276 e. The van der Waals surface area contributed by atoms with Crippen molar-refractivity contribution in [1.82, 2.24) is 10.4 Å². The van der Waals surface area contributed by atoms with Crippen molar-refractivity contribution in [2.24, 2.45) is 0 Å². The van der Waals surface area contributed by atoms with Gasteiger partial charge in [0.2, 0.25) is 0 Å². The zero-order valence-corrected chi connectivity index (χ0v) is 16.2. The lowest BCUT2D eigenvalue weighted by Gasteiger charge is -2.37. The van der Waals surface area contributed by atoms with Gasteiger partial charge >= 0.3 is 0 Å². The number of benzene rings is 2. The normalized spacial score (nSPS) is 15.9. The van der Waals surface area contributed by atoms with Crippen LogP contribution in [0.25, 0.3) is 0 Å². The number of carbonyl (C=O) groups is 2. The molecular weight excluding hydrogens is 398 g/mol. The average Bonchev–Trinajstić information content (AvgIpc) is 2.64. The highest BCUT2D eigenvalue weighted by atomic mass is 79.9. The topological polar surface area (TPSA) is 70.7 Å². The molecule has 0 bridgehead atoms. The minimum absolute atomic E-state index is 0.172. The van der Waals surface area contributed by atoms with E-state index < -0.39 is 5.91 Å². The van der Waals surface area contributed by atoms with Crippen molar-refractivity contribution in [2.45, 2.75) is 26.4 Å². The summed E-state index contributed by atoms with van der Waals surface area (Å²) < 4.78 is 6.28. The SMILES string of the molecule is CCC1Nc2ccc(Br)cc2C(=O)N1NC(=O)COc1ccc(C)cc1. The summed E-state index contributed by atoms with van der Waals surface area (Å²) in [5.41, 5.74) is 5.03. The largest absolute Gasteiger partial charge is 0.484 e. The molecule has 0 aliphatic carbocycles. The second-order valence-electron chi connectivity index (χ2n) is 6.07. The van der Waals surface area contributed by atoms with E-state index in [2.05, 4.69) is 26.7 Å². The number of hydrogen-bond donors (Lipinski definition) is 2. The number of aryl methyl sites for hydroxylation is 1. The lowest BCUT2D eigenvalue weighted by molar-refractivity contribution is -0.127. The summed E-state index contributed by atoms with van der Waals surface area (Å²) in [5, 5.41) is 4.60. The van der Waals surface area contributed by atoms with Crippen molar-refractivity contribution in [1.29, 1.82) is 0 Å². The smallest absolute Gasteiger partial charge is 0.276 e. The van der Waals surface area contributed by atoms with Crippen molar-refractivity contribution in [2.75, 3.05) is 11.9 Å². The van der Waals surface area contributed by atoms with E-state index in [1.165, 1.54) is 5.01 Å². The highest BCUT2D eigenvalue weighted by Gasteiger charge is 2.32. The van der Waals surface area contributed by atoms with Crippen molar-refractivity contribution in [3.63, 3.8) is 0 Å². The molecule has 7 heteroatoms. The summed E-state index contributed by atoms with van der Waals surface area (Å²) in [5.74, 6) is -0.0385. The van der Waals surface area contributed by atoms with E-state index in [0.29, 0.717) is 17.7 Å². The first-order chi connectivity index (χ1) is 12.5. The number of nitrogens with one attached hydrogen (secondary N) is 2. The van der Waals surface area contributed by atoms with E-state index in [0.717, 1.165) is 15.7 Å². The number of amides is 2. The maximum absolute atomic E-state index is 12.8. The summed E-state index contributed by atoms with van der Waals surface area (Å²) in [6.07, 6.45) is 0.319. The van der Waals surface area contributed by atoms with Crippen molar-refractivity contribution in [3.8, 4) is 5.75 Å². The lowest BCUT2D eigenvalue weighted by atomic mass is 10.1. The van der Waals surface area contributed by atoms with Crippen LogP contribution in [0.1, 0.15) is 29.3 Å². The fraction of sp³-hybridized carbons (Fsp3) is 0.263.